The first-order chi connectivity index (χ1) is 68.5. The Balaban J connectivity index is 0.000000117. The summed E-state index contributed by atoms with van der Waals surface area (Å²) in [5, 5.41) is 38.2. The normalized spacial score (nSPS) is 19.4. The third-order valence-electron chi connectivity index (χ3n) is 30.9. The van der Waals surface area contributed by atoms with Gasteiger partial charge in [0.15, 0.2) is 28.5 Å². The van der Waals surface area contributed by atoms with E-state index in [2.05, 4.69) is 96.3 Å². The summed E-state index contributed by atoms with van der Waals surface area (Å²) in [5.41, 5.74) is 17.8. The zero-order valence-electron chi connectivity index (χ0n) is 80.5. The summed E-state index contributed by atoms with van der Waals surface area (Å²) < 4.78 is 74.1. The van der Waals surface area contributed by atoms with E-state index in [1.165, 1.54) is 43.2 Å². The standard InChI is InChI=1S/C22H26ClFN4O.C21H24ClFN4O2.2C21H26ClFN4O.C20H24ClFN4O/c23-20-16(2-1-3-18(20)24)15-6-10-28(11-7-15)22(29)21-17-13-27(12-14-4-5-14)9-8-19(17)25-26-21;22-19-15(2-1-3-17(19)23)13-4-7-26(8-5-13)21(28)20-16-10-27(14-11-29-12-14)9-6-18(16)24-25-20;2*1-2-9-26-10-8-18-16(13-26)20(25-24-18)21(28)27-11-6-14(7-12-27)15-4-3-5-17(23)19(15)22;1-2-25-9-8-17-15(12-25)19(24-23-17)20(27)26-10-6-13(7-11-26)14-4-3-5-16(22)18(14)21/h1-3,14-15H,4-13H2,(H,25,26);1-3,13-14H,4-12H2,(H,24,25);2*3-5,14H,2,6-13H2,1H3,(H,24,25);3-5,13H,2,6-12H2,1H3,(H,23,24). The Bertz CT molecular complexity index is 5940. The second-order valence-electron chi connectivity index (χ2n) is 39.7. The van der Waals surface area contributed by atoms with Crippen LogP contribution in [0.4, 0.5) is 22.0 Å². The zero-order chi connectivity index (χ0) is 98.2. The van der Waals surface area contributed by atoms with E-state index < -0.39 is 0 Å². The van der Waals surface area contributed by atoms with E-state index in [4.69, 9.17) is 62.7 Å². The van der Waals surface area contributed by atoms with Gasteiger partial charge in [-0.2, -0.15) is 25.5 Å². The zero-order valence-corrected chi connectivity index (χ0v) is 84.2. The van der Waals surface area contributed by atoms with Crippen molar-refractivity contribution in [3.8, 4) is 0 Å². The molecule has 0 spiro atoms. The molecule has 11 aliphatic heterocycles. The van der Waals surface area contributed by atoms with Crippen LogP contribution in [0.1, 0.15) is 277 Å². The number of carbonyl (C=O) groups excluding carboxylic acids is 5. The molecule has 16 heterocycles. The fourth-order valence-electron chi connectivity index (χ4n) is 22.4. The van der Waals surface area contributed by atoms with Crippen LogP contribution in [0.3, 0.4) is 0 Å². The number of aromatic nitrogens is 10. The molecular formula is C105H126Cl5F5N20O6. The quantitative estimate of drug-likeness (QED) is 0.0500. The minimum atomic E-state index is -0.382. The molecule has 0 radical (unpaired) electrons. The van der Waals surface area contributed by atoms with Crippen molar-refractivity contribution >= 4 is 87.5 Å². The van der Waals surface area contributed by atoms with Gasteiger partial charge >= 0.3 is 0 Å². The predicted molar refractivity (Wildman–Crippen MR) is 533 cm³/mol. The number of rotatable bonds is 18. The number of fused-ring (bicyclic) bond motifs is 5. The molecule has 1 saturated carbocycles. The van der Waals surface area contributed by atoms with Crippen LogP contribution in [0.5, 0.6) is 0 Å². The Morgan fingerprint density at radius 3 is 0.809 bits per heavy atom. The molecule has 10 aromatic rings. The van der Waals surface area contributed by atoms with E-state index in [9.17, 15) is 45.9 Å². The Kier molecular flexibility index (Phi) is 33.2. The maximum Gasteiger partial charge on any atom is 0.274 e. The molecule has 6 saturated heterocycles. The Morgan fingerprint density at radius 1 is 0.319 bits per heavy atom. The van der Waals surface area contributed by atoms with Gasteiger partial charge in [0.05, 0.1) is 44.4 Å². The highest BCUT2D eigenvalue weighted by Crippen LogP contribution is 2.43. The van der Waals surface area contributed by atoms with Gasteiger partial charge in [-0.15, -0.1) is 0 Å². The van der Waals surface area contributed by atoms with Gasteiger partial charge in [-0.3, -0.25) is 74.0 Å². The number of likely N-dealkylation sites (tertiary alicyclic amines) is 5. The molecule has 7 fully saturated rings. The molecule has 141 heavy (non-hydrogen) atoms. The third-order valence-corrected chi connectivity index (χ3v) is 32.9. The molecule has 752 valence electrons. The van der Waals surface area contributed by atoms with Crippen LogP contribution >= 0.6 is 58.0 Å². The Hall–Kier alpha value is -9.64. The predicted octanol–water partition coefficient (Wildman–Crippen LogP) is 18.5. The van der Waals surface area contributed by atoms with Crippen molar-refractivity contribution in [3.63, 3.8) is 0 Å². The highest BCUT2D eigenvalue weighted by molar-refractivity contribution is 6.33. The fraction of sp³-hybridized carbons (Fsp3) is 0.524. The molecule has 12 aliphatic rings. The number of H-pyrrole nitrogens is 5. The summed E-state index contributed by atoms with van der Waals surface area (Å²) in [6.45, 7) is 27.5. The van der Waals surface area contributed by atoms with Crippen LogP contribution in [-0.4, -0.2) is 273 Å². The van der Waals surface area contributed by atoms with Crippen molar-refractivity contribution in [1.82, 2.24) is 100.0 Å². The van der Waals surface area contributed by atoms with E-state index in [-0.39, 0.29) is 113 Å². The van der Waals surface area contributed by atoms with E-state index in [0.29, 0.717) is 100.0 Å². The summed E-state index contributed by atoms with van der Waals surface area (Å²) in [6.07, 6.45) is 17.2. The summed E-state index contributed by atoms with van der Waals surface area (Å²) in [5.74, 6) is -0.155. The second kappa shape index (κ2) is 46.2. The number of hydrogen-bond donors (Lipinski definition) is 5. The van der Waals surface area contributed by atoms with Gasteiger partial charge in [0, 0.05) is 226 Å². The summed E-state index contributed by atoms with van der Waals surface area (Å²) in [6, 6.07) is 25.3. The number of carbonyl (C=O) groups is 5. The first-order valence-electron chi connectivity index (χ1n) is 50.6. The van der Waals surface area contributed by atoms with Gasteiger partial charge < -0.3 is 29.2 Å². The molecule has 5 N–H and O–H groups in total. The number of piperidine rings is 5. The average molecular weight is 2040 g/mol. The highest BCUT2D eigenvalue weighted by Gasteiger charge is 2.41. The van der Waals surface area contributed by atoms with Gasteiger partial charge in [-0.1, -0.05) is 139 Å². The van der Waals surface area contributed by atoms with E-state index >= 15 is 0 Å². The van der Waals surface area contributed by atoms with Crippen LogP contribution in [0.2, 0.25) is 25.1 Å². The number of halogens is 10. The van der Waals surface area contributed by atoms with E-state index in [0.717, 1.165) is 304 Å². The van der Waals surface area contributed by atoms with Crippen LogP contribution in [0.15, 0.2) is 91.0 Å². The summed E-state index contributed by atoms with van der Waals surface area (Å²) >= 11 is 30.8. The highest BCUT2D eigenvalue weighted by atomic mass is 35.5. The largest absolute Gasteiger partial charge is 0.378 e. The Morgan fingerprint density at radius 2 is 0.560 bits per heavy atom. The topological polar surface area (TPSA) is 270 Å². The molecule has 0 atom stereocenters. The van der Waals surface area contributed by atoms with Gasteiger partial charge in [-0.25, -0.2) is 22.0 Å². The first kappa shape index (κ1) is 101. The molecular weight excluding hydrogens is 1910 g/mol. The summed E-state index contributed by atoms with van der Waals surface area (Å²) in [7, 11) is 0. The molecule has 36 heteroatoms. The molecule has 0 bridgehead atoms. The van der Waals surface area contributed by atoms with Gasteiger partial charge in [0.2, 0.25) is 0 Å². The molecule has 5 amide bonds. The molecule has 26 nitrogen and oxygen atoms in total. The average Bonchev–Trinajstić information content (AvgIpc) is 1.22. The van der Waals surface area contributed by atoms with Crippen molar-refractivity contribution < 1.29 is 50.7 Å². The lowest BCUT2D eigenvalue weighted by Gasteiger charge is -2.39. The van der Waals surface area contributed by atoms with Crippen LogP contribution in [0.25, 0.3) is 0 Å². The van der Waals surface area contributed by atoms with Crippen LogP contribution < -0.4 is 0 Å². The minimum Gasteiger partial charge on any atom is -0.378 e. The molecule has 0 unspecified atom stereocenters. The van der Waals surface area contributed by atoms with Crippen molar-refractivity contribution in [2.24, 2.45) is 5.92 Å². The van der Waals surface area contributed by atoms with Crippen molar-refractivity contribution in [3.05, 3.63) is 258 Å². The molecule has 5 aromatic carbocycles. The van der Waals surface area contributed by atoms with E-state index in [1.54, 1.807) is 30.3 Å². The number of nitrogens with zero attached hydrogens (tertiary/aromatic N) is 15. The maximum absolute atomic E-state index is 13.8. The van der Waals surface area contributed by atoms with Crippen LogP contribution in [-0.2, 0) is 69.6 Å². The maximum atomic E-state index is 13.8. The first-order valence-corrected chi connectivity index (χ1v) is 52.5. The van der Waals surface area contributed by atoms with Gasteiger partial charge in [0.25, 0.3) is 29.5 Å². The number of benzene rings is 5. The SMILES string of the molecule is CCCN1CCc2[nH]nc(C(=O)N3CCC(c4cccc(F)c4Cl)CC3)c2C1.CCCN1CCc2[nH]nc(C(=O)N3CCC(c4cccc(F)c4Cl)CC3)c2C1.CCN1CCc2[nH]nc(C(=O)N3CCC(c4cccc(F)c4Cl)CC3)c2C1.O=C(c1n[nH]c2c1CN(C1COC1)CC2)N1CCC(c2cccc(F)c2Cl)CC1.O=C(c1n[nH]c2c1CN(CC1CC1)CC2)N1CCC(c2cccc(F)c2Cl)CC1. The lowest BCUT2D eigenvalue weighted by atomic mass is 9.89. The third kappa shape index (κ3) is 23.0. The van der Waals surface area contributed by atoms with Crippen molar-refractivity contribution in [2.45, 2.75) is 211 Å². The lowest BCUT2D eigenvalue weighted by molar-refractivity contribution is -0.0696. The number of hydrogen-bond acceptors (Lipinski definition) is 16. The second-order valence-corrected chi connectivity index (χ2v) is 41.6. The van der Waals surface area contributed by atoms with Gasteiger partial charge in [-0.05, 0) is 203 Å². The number of likely N-dealkylation sites (N-methyl/N-ethyl adjacent to an activating group) is 1. The van der Waals surface area contributed by atoms with E-state index in [1.807, 2.05) is 54.8 Å². The lowest BCUT2D eigenvalue weighted by Crippen LogP contribution is -2.50. The summed E-state index contributed by atoms with van der Waals surface area (Å²) in [4.78, 5) is 86.9. The van der Waals surface area contributed by atoms with Crippen molar-refractivity contribution in [1.29, 1.82) is 0 Å². The molecule has 5 aromatic heterocycles. The van der Waals surface area contributed by atoms with Crippen LogP contribution in [0, 0.1) is 35.0 Å². The Labute approximate surface area is 845 Å². The molecule has 22 rings (SSSR count). The smallest absolute Gasteiger partial charge is 0.274 e. The minimum absolute atomic E-state index is 0.000336. The number of ether oxygens (including phenoxy) is 1. The van der Waals surface area contributed by atoms with Crippen molar-refractivity contribution in [2.75, 3.05) is 138 Å². The monoisotopic (exact) mass is 2030 g/mol. The molecule has 1 aliphatic carbocycles. The number of nitrogens with one attached hydrogen (secondary N) is 5. The van der Waals surface area contributed by atoms with Gasteiger partial charge in [0.1, 0.15) is 29.1 Å². The fourth-order valence-corrected chi connectivity index (χ4v) is 23.8. The number of amides is 5. The number of aromatic amines is 5.